The van der Waals surface area contributed by atoms with Crippen LogP contribution in [0.1, 0.15) is 29.5 Å². The predicted octanol–water partition coefficient (Wildman–Crippen LogP) is 5.34. The molecule has 5 rings (SSSR count). The summed E-state index contributed by atoms with van der Waals surface area (Å²) in [5.74, 6) is 2.36. The van der Waals surface area contributed by atoms with Gasteiger partial charge in [-0.05, 0) is 66.4 Å². The molecule has 0 saturated heterocycles. The van der Waals surface area contributed by atoms with Crippen molar-refractivity contribution in [3.8, 4) is 17.2 Å². The van der Waals surface area contributed by atoms with Gasteiger partial charge in [-0.3, -0.25) is 4.72 Å². The molecular weight excluding hydrogens is 464 g/mol. The first kappa shape index (κ1) is 23.1. The predicted molar refractivity (Wildman–Crippen MR) is 136 cm³/mol. The molecule has 2 aliphatic rings. The second-order valence-corrected chi connectivity index (χ2v) is 10.3. The molecule has 0 spiro atoms. The average molecular weight is 493 g/mol. The molecule has 0 amide bonds. The second kappa shape index (κ2) is 9.19. The summed E-state index contributed by atoms with van der Waals surface area (Å²) in [5.41, 5.74) is 3.38. The number of ether oxygens (including phenoxy) is 3. The smallest absolute Gasteiger partial charge is 0.261 e. The topological polar surface area (TPSA) is 85.9 Å². The van der Waals surface area contributed by atoms with Crippen LogP contribution in [0.5, 0.6) is 17.2 Å². The minimum absolute atomic E-state index is 0.00701. The molecule has 8 heteroatoms. The zero-order chi connectivity index (χ0) is 24.6. The molecule has 0 saturated carbocycles. The summed E-state index contributed by atoms with van der Waals surface area (Å²) in [5, 5.41) is 3.65. The first-order valence-electron chi connectivity index (χ1n) is 11.4. The lowest BCUT2D eigenvalue weighted by Crippen LogP contribution is -2.29. The number of nitrogens with one attached hydrogen (secondary N) is 2. The second-order valence-electron chi connectivity index (χ2n) is 8.64. The van der Waals surface area contributed by atoms with E-state index in [-0.39, 0.29) is 22.8 Å². The van der Waals surface area contributed by atoms with Gasteiger partial charge in [0, 0.05) is 22.9 Å². The van der Waals surface area contributed by atoms with Crippen LogP contribution in [0.25, 0.3) is 0 Å². The molecule has 1 aliphatic heterocycles. The lowest BCUT2D eigenvalue weighted by atomic mass is 9.77. The maximum Gasteiger partial charge on any atom is 0.261 e. The van der Waals surface area contributed by atoms with Gasteiger partial charge in [0.25, 0.3) is 10.0 Å². The van der Waals surface area contributed by atoms with E-state index in [0.717, 1.165) is 23.2 Å². The highest BCUT2D eigenvalue weighted by Crippen LogP contribution is 2.52. The Bertz CT molecular complexity index is 1370. The van der Waals surface area contributed by atoms with Crippen molar-refractivity contribution in [3.05, 3.63) is 83.9 Å². The Morgan fingerprint density at radius 3 is 2.43 bits per heavy atom. The zero-order valence-electron chi connectivity index (χ0n) is 19.8. The Labute approximate surface area is 205 Å². The van der Waals surface area contributed by atoms with E-state index in [0.29, 0.717) is 22.9 Å². The van der Waals surface area contributed by atoms with Gasteiger partial charge in [-0.15, -0.1) is 0 Å². The van der Waals surface area contributed by atoms with E-state index in [9.17, 15) is 8.42 Å². The number of rotatable bonds is 7. The molecule has 3 atom stereocenters. The van der Waals surface area contributed by atoms with Crippen molar-refractivity contribution in [2.24, 2.45) is 5.92 Å². The molecule has 182 valence electrons. The minimum Gasteiger partial charge on any atom is -0.497 e. The molecule has 3 aromatic carbocycles. The van der Waals surface area contributed by atoms with Crippen molar-refractivity contribution in [1.82, 2.24) is 0 Å². The Kier molecular flexibility index (Phi) is 6.06. The highest BCUT2D eigenvalue weighted by atomic mass is 32.2. The molecule has 0 fully saturated rings. The van der Waals surface area contributed by atoms with Crippen LogP contribution in [0, 0.1) is 5.92 Å². The van der Waals surface area contributed by atoms with Crippen LogP contribution >= 0.6 is 0 Å². The normalized spacial score (nSPS) is 20.4. The van der Waals surface area contributed by atoms with Crippen molar-refractivity contribution in [1.29, 1.82) is 0 Å². The van der Waals surface area contributed by atoms with E-state index in [1.54, 1.807) is 57.7 Å². The Hall–Kier alpha value is -3.65. The fraction of sp³-hybridized carbons (Fsp3) is 0.259. The summed E-state index contributed by atoms with van der Waals surface area (Å²) in [6, 6.07) is 17.9. The molecule has 35 heavy (non-hydrogen) atoms. The van der Waals surface area contributed by atoms with Crippen LogP contribution in [-0.4, -0.2) is 29.7 Å². The van der Waals surface area contributed by atoms with Crippen LogP contribution in [0.4, 0.5) is 11.4 Å². The van der Waals surface area contributed by atoms with Gasteiger partial charge in [-0.25, -0.2) is 8.42 Å². The highest BCUT2D eigenvalue weighted by Gasteiger charge is 2.40. The molecule has 3 aromatic rings. The van der Waals surface area contributed by atoms with Crippen molar-refractivity contribution in [2.45, 2.75) is 23.3 Å². The minimum atomic E-state index is -3.76. The number of anilines is 2. The van der Waals surface area contributed by atoms with E-state index in [2.05, 4.69) is 28.3 Å². The zero-order valence-corrected chi connectivity index (χ0v) is 20.6. The third-order valence-electron chi connectivity index (χ3n) is 6.76. The summed E-state index contributed by atoms with van der Waals surface area (Å²) in [4.78, 5) is 0.227. The number of benzene rings is 3. The van der Waals surface area contributed by atoms with Gasteiger partial charge >= 0.3 is 0 Å². The van der Waals surface area contributed by atoms with Crippen LogP contribution in [0.3, 0.4) is 0 Å². The Morgan fingerprint density at radius 1 is 0.914 bits per heavy atom. The summed E-state index contributed by atoms with van der Waals surface area (Å²) in [6.07, 6.45) is 5.23. The fourth-order valence-corrected chi connectivity index (χ4v) is 6.17. The van der Waals surface area contributed by atoms with Gasteiger partial charge in [0.2, 0.25) is 0 Å². The van der Waals surface area contributed by atoms with Gasteiger partial charge in [-0.1, -0.05) is 24.3 Å². The molecule has 0 aromatic heterocycles. The number of hydrogen-bond acceptors (Lipinski definition) is 6. The largest absolute Gasteiger partial charge is 0.497 e. The third kappa shape index (κ3) is 4.18. The average Bonchev–Trinajstić information content (AvgIpc) is 3.38. The van der Waals surface area contributed by atoms with E-state index in [1.807, 2.05) is 18.2 Å². The first-order valence-corrected chi connectivity index (χ1v) is 12.9. The van der Waals surface area contributed by atoms with Crippen molar-refractivity contribution in [3.63, 3.8) is 0 Å². The van der Waals surface area contributed by atoms with Crippen molar-refractivity contribution in [2.75, 3.05) is 31.4 Å². The lowest BCUT2D eigenvalue weighted by molar-refractivity contribution is 0.341. The molecule has 0 unspecified atom stereocenters. The number of fused-ring (bicyclic) bond motifs is 3. The molecule has 0 bridgehead atoms. The van der Waals surface area contributed by atoms with Gasteiger partial charge < -0.3 is 19.5 Å². The van der Waals surface area contributed by atoms with Crippen LogP contribution in [0.2, 0.25) is 0 Å². The number of hydrogen-bond donors (Lipinski definition) is 2. The summed E-state index contributed by atoms with van der Waals surface area (Å²) in [6.45, 7) is 0. The molecule has 1 heterocycles. The van der Waals surface area contributed by atoms with E-state index in [4.69, 9.17) is 14.2 Å². The quantitative estimate of drug-likeness (QED) is 0.433. The Morgan fingerprint density at radius 2 is 1.71 bits per heavy atom. The standard InChI is InChI=1S/C27H28N2O5S/c1-32-18-12-10-17(11-13-18)29-35(30,31)19-14-15-24-23(16-19)20-6-4-7-21(20)26(28-24)22-8-5-9-25(33-2)27(22)34-3/h4-6,8-16,20-21,26,28-29H,7H2,1-3H3/t20-,21-,26-/m1/s1. The number of para-hydroxylation sites is 1. The first-order chi connectivity index (χ1) is 16.9. The van der Waals surface area contributed by atoms with Gasteiger partial charge in [0.05, 0.1) is 32.3 Å². The molecule has 2 N–H and O–H groups in total. The fourth-order valence-electron chi connectivity index (χ4n) is 5.08. The monoisotopic (exact) mass is 492 g/mol. The van der Waals surface area contributed by atoms with E-state index in [1.165, 1.54) is 0 Å². The molecular formula is C27H28N2O5S. The van der Waals surface area contributed by atoms with E-state index < -0.39 is 10.0 Å². The van der Waals surface area contributed by atoms with Crippen molar-refractivity contribution < 1.29 is 22.6 Å². The Balaban J connectivity index is 1.48. The number of sulfonamides is 1. The van der Waals surface area contributed by atoms with E-state index >= 15 is 0 Å². The third-order valence-corrected chi connectivity index (χ3v) is 8.13. The van der Waals surface area contributed by atoms with Gasteiger partial charge in [0.15, 0.2) is 11.5 Å². The van der Waals surface area contributed by atoms with Gasteiger partial charge in [0.1, 0.15) is 5.75 Å². The number of allylic oxidation sites excluding steroid dienone is 2. The summed E-state index contributed by atoms with van der Waals surface area (Å²) in [7, 11) is 1.09. The van der Waals surface area contributed by atoms with Crippen molar-refractivity contribution >= 4 is 21.4 Å². The maximum absolute atomic E-state index is 13.2. The molecule has 1 aliphatic carbocycles. The maximum atomic E-state index is 13.2. The highest BCUT2D eigenvalue weighted by molar-refractivity contribution is 7.92. The van der Waals surface area contributed by atoms with Crippen LogP contribution in [0.15, 0.2) is 77.7 Å². The van der Waals surface area contributed by atoms with Gasteiger partial charge in [-0.2, -0.15) is 0 Å². The van der Waals surface area contributed by atoms with Crippen LogP contribution < -0.4 is 24.2 Å². The lowest BCUT2D eigenvalue weighted by Gasteiger charge is -2.38. The SMILES string of the molecule is COc1ccc(NS(=O)(=O)c2ccc3c(c2)[C@@H]2C=CC[C@H]2[C@H](c2cccc(OC)c2OC)N3)cc1. The number of methoxy groups -OCH3 is 3. The molecule has 0 radical (unpaired) electrons. The molecule has 7 nitrogen and oxygen atoms in total. The summed E-state index contributed by atoms with van der Waals surface area (Å²) < 4.78 is 45.4. The van der Waals surface area contributed by atoms with Crippen LogP contribution in [-0.2, 0) is 10.0 Å². The summed E-state index contributed by atoms with van der Waals surface area (Å²) >= 11 is 0.